The number of nitrogens with one attached hydrogen (secondary N) is 1. The van der Waals surface area contributed by atoms with Crippen molar-refractivity contribution in [3.8, 4) is 5.75 Å². The number of aliphatic hydroxyl groups is 1. The Bertz CT molecular complexity index is 986. The molecule has 2 aromatic carbocycles. The predicted molar refractivity (Wildman–Crippen MR) is 99.9 cm³/mol. The molecule has 0 aliphatic heterocycles. The number of rotatable bonds is 5. The maximum Gasteiger partial charge on any atom is 3.00 e. The van der Waals surface area contributed by atoms with Crippen molar-refractivity contribution in [1.29, 1.82) is 0 Å². The molecule has 1 aliphatic carbocycles. The summed E-state index contributed by atoms with van der Waals surface area (Å²) < 4.78 is 0. The number of carbonyl (C=O) groups is 1. The van der Waals surface area contributed by atoms with Crippen LogP contribution >= 0.6 is 0 Å². The SMILES string of the molecule is O=C([O-])c1ccc(N=Cc2ccccc2[O-])c(N/C=C2/C=CC=CC2O)c1.[Cl-].[Fe+3]. The number of hydrogen-bond donors (Lipinski definition) is 2. The van der Waals surface area contributed by atoms with Crippen molar-refractivity contribution in [1.82, 2.24) is 0 Å². The summed E-state index contributed by atoms with van der Waals surface area (Å²) in [5.74, 6) is -1.47. The van der Waals surface area contributed by atoms with E-state index in [1.54, 1.807) is 48.7 Å². The Morgan fingerprint density at radius 3 is 2.62 bits per heavy atom. The standard InChI is InChI=1S/C21H18N2O4.ClH.Fe/c24-19-7-3-1-5-15(19)12-22-17-10-9-14(21(26)27)11-18(17)23-13-16-6-2-4-8-20(16)25;;/h1-13,20,23-25H,(H,26,27);1H;/q;;+3/p-3/b16-13-,22-12?;;. The number of aliphatic imine (C=N–C) groups is 1. The molecule has 1 radical (unpaired) electrons. The number of anilines is 1. The van der Waals surface area contributed by atoms with E-state index in [1.165, 1.54) is 30.5 Å². The van der Waals surface area contributed by atoms with Crippen LogP contribution in [0.3, 0.4) is 0 Å². The molecule has 6 nitrogen and oxygen atoms in total. The third kappa shape index (κ3) is 6.34. The first-order chi connectivity index (χ1) is 13.0. The number of benzene rings is 2. The van der Waals surface area contributed by atoms with Gasteiger partial charge in [0, 0.05) is 18.0 Å². The molecule has 0 heterocycles. The number of carboxylic acid groups (broad SMARTS) is 1. The van der Waals surface area contributed by atoms with Crippen molar-refractivity contribution in [2.45, 2.75) is 6.10 Å². The fraction of sp³-hybridized carbons (Fsp3) is 0.0476. The number of aliphatic hydroxyl groups excluding tert-OH is 1. The molecule has 8 heteroatoms. The second-order valence-electron chi connectivity index (χ2n) is 5.79. The number of carbonyl (C=O) groups excluding carboxylic acids is 1. The average Bonchev–Trinajstić information content (AvgIpc) is 2.67. The van der Waals surface area contributed by atoms with Gasteiger partial charge in [0.05, 0.1) is 23.4 Å². The van der Waals surface area contributed by atoms with Crippen molar-refractivity contribution in [2.24, 2.45) is 4.99 Å². The quantitative estimate of drug-likeness (QED) is 0.432. The Labute approximate surface area is 184 Å². The summed E-state index contributed by atoms with van der Waals surface area (Å²) in [6.07, 6.45) is 9.10. The summed E-state index contributed by atoms with van der Waals surface area (Å²) in [4.78, 5) is 15.4. The molecule has 0 aromatic heterocycles. The van der Waals surface area contributed by atoms with Gasteiger partial charge in [0.1, 0.15) is 0 Å². The van der Waals surface area contributed by atoms with Gasteiger partial charge in [0.25, 0.3) is 0 Å². The van der Waals surface area contributed by atoms with Gasteiger partial charge in [0.15, 0.2) is 0 Å². The van der Waals surface area contributed by atoms with Gasteiger partial charge in [-0.3, -0.25) is 4.99 Å². The maximum atomic E-state index is 11.8. The molecule has 3 rings (SSSR count). The molecule has 0 bridgehead atoms. The Balaban J connectivity index is 0.00000210. The molecule has 2 N–H and O–H groups in total. The Morgan fingerprint density at radius 2 is 1.93 bits per heavy atom. The summed E-state index contributed by atoms with van der Waals surface area (Å²) in [6.45, 7) is 0. The van der Waals surface area contributed by atoms with Crippen LogP contribution in [0.4, 0.5) is 11.4 Å². The minimum atomic E-state index is -1.31. The van der Waals surface area contributed by atoms with Crippen LogP contribution in [0.25, 0.3) is 0 Å². The molecule has 0 amide bonds. The number of aromatic carboxylic acids is 1. The third-order valence-electron chi connectivity index (χ3n) is 3.92. The molecular formula is C21H16ClFeN2O4. The molecule has 2 aromatic rings. The van der Waals surface area contributed by atoms with Gasteiger partial charge >= 0.3 is 17.1 Å². The Hall–Kier alpha value is -2.83. The fourth-order valence-electron chi connectivity index (χ4n) is 2.46. The smallest absolute Gasteiger partial charge is 1.00 e. The first-order valence-electron chi connectivity index (χ1n) is 8.19. The van der Waals surface area contributed by atoms with Crippen LogP contribution in [0.2, 0.25) is 0 Å². The minimum Gasteiger partial charge on any atom is -1.00 e. The number of carboxylic acids is 1. The number of para-hydroxylation sites is 1. The van der Waals surface area contributed by atoms with Crippen LogP contribution in [-0.2, 0) is 17.1 Å². The van der Waals surface area contributed by atoms with Gasteiger partial charge in [-0.05, 0) is 23.3 Å². The first-order valence-corrected chi connectivity index (χ1v) is 8.19. The van der Waals surface area contributed by atoms with Crippen molar-refractivity contribution < 1.29 is 49.6 Å². The van der Waals surface area contributed by atoms with E-state index in [1.807, 2.05) is 0 Å². The summed E-state index contributed by atoms with van der Waals surface area (Å²) in [5, 5.41) is 35.8. The second-order valence-corrected chi connectivity index (χ2v) is 5.79. The van der Waals surface area contributed by atoms with Crippen LogP contribution in [-0.4, -0.2) is 23.4 Å². The maximum absolute atomic E-state index is 11.8. The van der Waals surface area contributed by atoms with E-state index < -0.39 is 12.1 Å². The zero-order valence-corrected chi connectivity index (χ0v) is 16.8. The van der Waals surface area contributed by atoms with E-state index in [0.29, 0.717) is 22.5 Å². The van der Waals surface area contributed by atoms with Crippen molar-refractivity contribution in [3.63, 3.8) is 0 Å². The molecule has 1 unspecified atom stereocenters. The number of hydrogen-bond acceptors (Lipinski definition) is 6. The fourth-order valence-corrected chi connectivity index (χ4v) is 2.46. The van der Waals surface area contributed by atoms with Gasteiger partial charge in [-0.25, -0.2) is 0 Å². The van der Waals surface area contributed by atoms with Crippen LogP contribution in [0.5, 0.6) is 5.75 Å². The topological polar surface area (TPSA) is 108 Å². The van der Waals surface area contributed by atoms with Crippen molar-refractivity contribution >= 4 is 23.6 Å². The van der Waals surface area contributed by atoms with Gasteiger partial charge in [-0.2, -0.15) is 0 Å². The van der Waals surface area contributed by atoms with E-state index >= 15 is 0 Å². The average molecular weight is 452 g/mol. The summed E-state index contributed by atoms with van der Waals surface area (Å²) in [5.41, 5.74) is 1.85. The van der Waals surface area contributed by atoms with Crippen LogP contribution in [0.15, 0.2) is 83.5 Å². The minimum absolute atomic E-state index is 0. The molecule has 149 valence electrons. The zero-order valence-electron chi connectivity index (χ0n) is 14.9. The molecule has 0 saturated carbocycles. The van der Waals surface area contributed by atoms with Crippen molar-refractivity contribution in [2.75, 3.05) is 5.32 Å². The van der Waals surface area contributed by atoms with E-state index in [0.717, 1.165) is 0 Å². The third-order valence-corrected chi connectivity index (χ3v) is 3.92. The van der Waals surface area contributed by atoms with Gasteiger partial charge in [0.2, 0.25) is 0 Å². The van der Waals surface area contributed by atoms with E-state index in [2.05, 4.69) is 10.3 Å². The predicted octanol–water partition coefficient (Wildman–Crippen LogP) is -1.34. The number of nitrogens with zero attached hydrogens (tertiary/aromatic N) is 1. The Kier molecular flexibility index (Phi) is 9.38. The largest absolute Gasteiger partial charge is 3.00 e. The first kappa shape index (κ1) is 24.2. The van der Waals surface area contributed by atoms with E-state index in [-0.39, 0.29) is 40.8 Å². The van der Waals surface area contributed by atoms with Crippen LogP contribution in [0.1, 0.15) is 15.9 Å². The van der Waals surface area contributed by atoms with Gasteiger partial charge in [-0.15, -0.1) is 5.75 Å². The van der Waals surface area contributed by atoms with Crippen LogP contribution < -0.4 is 27.9 Å². The van der Waals surface area contributed by atoms with Gasteiger partial charge in [-0.1, -0.05) is 54.6 Å². The molecule has 0 spiro atoms. The normalized spacial score (nSPS) is 16.3. The monoisotopic (exact) mass is 451 g/mol. The Morgan fingerprint density at radius 1 is 1.17 bits per heavy atom. The molecule has 1 aliphatic rings. The number of halogens is 1. The molecule has 1 atom stereocenters. The molecule has 29 heavy (non-hydrogen) atoms. The van der Waals surface area contributed by atoms with E-state index in [4.69, 9.17) is 0 Å². The van der Waals surface area contributed by atoms with Crippen molar-refractivity contribution in [3.05, 3.63) is 89.7 Å². The zero-order chi connectivity index (χ0) is 19.2. The summed E-state index contributed by atoms with van der Waals surface area (Å²) in [7, 11) is 0. The molecular weight excluding hydrogens is 436 g/mol. The number of allylic oxidation sites excluding steroid dienone is 2. The van der Waals surface area contributed by atoms with Crippen LogP contribution in [0, 0.1) is 0 Å². The van der Waals surface area contributed by atoms with E-state index in [9.17, 15) is 20.1 Å². The molecule has 0 saturated heterocycles. The summed E-state index contributed by atoms with van der Waals surface area (Å²) >= 11 is 0. The van der Waals surface area contributed by atoms with Gasteiger partial charge < -0.3 is 37.8 Å². The second kappa shape index (κ2) is 11.2. The summed E-state index contributed by atoms with van der Waals surface area (Å²) in [6, 6.07) is 10.7. The molecule has 0 fully saturated rings.